The van der Waals surface area contributed by atoms with Gasteiger partial charge in [0.2, 0.25) is 5.91 Å². The highest BCUT2D eigenvalue weighted by molar-refractivity contribution is 6.15. The number of aromatic nitrogens is 1. The molecule has 1 N–H and O–H groups in total. The summed E-state index contributed by atoms with van der Waals surface area (Å²) in [6.07, 6.45) is 8.93. The summed E-state index contributed by atoms with van der Waals surface area (Å²) in [5.41, 5.74) is 3.92. The summed E-state index contributed by atoms with van der Waals surface area (Å²) in [5, 5.41) is 1.21. The highest BCUT2D eigenvalue weighted by atomic mass is 16.2. The first-order valence-electron chi connectivity index (χ1n) is 14.4. The van der Waals surface area contributed by atoms with Crippen molar-refractivity contribution in [1.29, 1.82) is 0 Å². The number of fused-ring (bicyclic) bond motifs is 1. The molecule has 6 nitrogen and oxygen atoms in total. The third kappa shape index (κ3) is 3.96. The molecule has 0 bridgehead atoms. The number of H-pyrrole nitrogens is 1. The van der Waals surface area contributed by atoms with Crippen molar-refractivity contribution in [3.05, 3.63) is 60.3 Å². The fourth-order valence-corrected chi connectivity index (χ4v) is 6.95. The molecule has 2 aromatic carbocycles. The van der Waals surface area contributed by atoms with Crippen LogP contribution in [-0.2, 0) is 9.59 Å². The highest BCUT2D eigenvalue weighted by Gasteiger charge is 2.50. The second-order valence-electron chi connectivity index (χ2n) is 12.0. The van der Waals surface area contributed by atoms with E-state index in [-0.39, 0.29) is 11.8 Å². The second-order valence-corrected chi connectivity index (χ2v) is 12.0. The van der Waals surface area contributed by atoms with E-state index in [1.807, 2.05) is 11.1 Å². The van der Waals surface area contributed by atoms with Gasteiger partial charge in [-0.3, -0.25) is 19.5 Å². The van der Waals surface area contributed by atoms with E-state index in [9.17, 15) is 9.59 Å². The topological polar surface area (TPSA) is 68.8 Å². The first-order valence-corrected chi connectivity index (χ1v) is 14.4. The highest BCUT2D eigenvalue weighted by Crippen LogP contribution is 2.41. The van der Waals surface area contributed by atoms with Crippen molar-refractivity contribution >= 4 is 28.6 Å². The van der Waals surface area contributed by atoms with Gasteiger partial charge in [-0.25, -0.2) is 0 Å². The third-order valence-corrected chi connectivity index (χ3v) is 9.44. The molecule has 1 aromatic heterocycles. The Labute approximate surface area is 224 Å². The molecule has 3 heterocycles. The Bertz CT molecular complexity index is 1410. The van der Waals surface area contributed by atoms with Crippen molar-refractivity contribution in [2.24, 2.45) is 22.7 Å². The van der Waals surface area contributed by atoms with Crippen LogP contribution < -0.4 is 0 Å². The molecule has 196 valence electrons. The van der Waals surface area contributed by atoms with Crippen molar-refractivity contribution in [2.75, 3.05) is 19.6 Å². The summed E-state index contributed by atoms with van der Waals surface area (Å²) in [6, 6.07) is 17.0. The first-order chi connectivity index (χ1) is 18.5. The lowest BCUT2D eigenvalue weighted by Crippen LogP contribution is -2.44. The molecule has 4 aliphatic rings. The lowest BCUT2D eigenvalue weighted by molar-refractivity contribution is -0.132. The van der Waals surface area contributed by atoms with E-state index in [4.69, 9.17) is 4.99 Å². The van der Waals surface area contributed by atoms with E-state index < -0.39 is 5.54 Å². The van der Waals surface area contributed by atoms with E-state index >= 15 is 0 Å². The Kier molecular flexibility index (Phi) is 5.68. The Morgan fingerprint density at radius 1 is 1.05 bits per heavy atom. The Morgan fingerprint density at radius 2 is 1.82 bits per heavy atom. The Balaban J connectivity index is 1.14. The number of nitrogens with one attached hydrogen (secondary N) is 1. The average Bonchev–Trinajstić information content (AvgIpc) is 3.31. The van der Waals surface area contributed by atoms with E-state index in [2.05, 4.69) is 65.3 Å². The number of hydrogen-bond donors (Lipinski definition) is 1. The predicted octanol–water partition coefficient (Wildman–Crippen LogP) is 5.63. The Morgan fingerprint density at radius 3 is 2.58 bits per heavy atom. The first kappa shape index (κ1) is 23.7. The minimum absolute atomic E-state index is 0.182. The predicted molar refractivity (Wildman–Crippen MR) is 150 cm³/mol. The van der Waals surface area contributed by atoms with Crippen LogP contribution in [-0.4, -0.2) is 57.6 Å². The summed E-state index contributed by atoms with van der Waals surface area (Å²) in [6.45, 7) is 4.61. The molecule has 2 aliphatic heterocycles. The van der Waals surface area contributed by atoms with Crippen molar-refractivity contribution < 1.29 is 9.59 Å². The number of likely N-dealkylation sites (tertiary alicyclic amines) is 1. The SMILES string of the molecule is CC(CN1C(=O)C2(CCCC2)N=C1c1ccc(-c2cccc3[nH]ccc23)cc1)C1CCN(C(=O)C2CC2)C1. The van der Waals surface area contributed by atoms with Gasteiger partial charge in [-0.05, 0) is 67.2 Å². The third-order valence-electron chi connectivity index (χ3n) is 9.44. The molecule has 1 saturated heterocycles. The summed E-state index contributed by atoms with van der Waals surface area (Å²) in [4.78, 5) is 39.0. The van der Waals surface area contributed by atoms with Crippen molar-refractivity contribution in [1.82, 2.24) is 14.8 Å². The zero-order valence-electron chi connectivity index (χ0n) is 22.2. The van der Waals surface area contributed by atoms with E-state index in [1.54, 1.807) is 0 Å². The minimum atomic E-state index is -0.575. The number of nitrogens with zero attached hydrogens (tertiary/aromatic N) is 3. The molecule has 3 fully saturated rings. The summed E-state index contributed by atoms with van der Waals surface area (Å²) in [5.74, 6) is 2.37. The molecule has 1 spiro atoms. The molecule has 38 heavy (non-hydrogen) atoms. The number of hydrogen-bond acceptors (Lipinski definition) is 3. The second kappa shape index (κ2) is 9.11. The van der Waals surface area contributed by atoms with E-state index in [0.29, 0.717) is 24.3 Å². The van der Waals surface area contributed by atoms with Gasteiger partial charge in [-0.1, -0.05) is 56.2 Å². The maximum absolute atomic E-state index is 13.9. The quantitative estimate of drug-likeness (QED) is 0.469. The molecule has 7 rings (SSSR count). The van der Waals surface area contributed by atoms with Crippen LogP contribution in [0.5, 0.6) is 0 Å². The minimum Gasteiger partial charge on any atom is -0.361 e. The van der Waals surface area contributed by atoms with Crippen LogP contribution in [0.1, 0.15) is 57.4 Å². The molecular formula is C32H36N4O2. The number of benzene rings is 2. The van der Waals surface area contributed by atoms with Crippen molar-refractivity contribution in [3.63, 3.8) is 0 Å². The number of amides is 2. The number of carbonyl (C=O) groups excluding carboxylic acids is 2. The summed E-state index contributed by atoms with van der Waals surface area (Å²) >= 11 is 0. The van der Waals surface area contributed by atoms with Gasteiger partial charge in [0.05, 0.1) is 0 Å². The van der Waals surface area contributed by atoms with Crippen LogP contribution in [0, 0.1) is 17.8 Å². The maximum Gasteiger partial charge on any atom is 0.256 e. The van der Waals surface area contributed by atoms with Crippen LogP contribution in [0.25, 0.3) is 22.0 Å². The van der Waals surface area contributed by atoms with Gasteiger partial charge in [0.15, 0.2) is 0 Å². The molecule has 3 aromatic rings. The van der Waals surface area contributed by atoms with Crippen molar-refractivity contribution in [2.45, 2.75) is 57.4 Å². The standard InChI is InChI=1S/C32H36N4O2/c1-21(25-14-18-35(20-25)30(37)24-11-12-24)19-36-29(34-32(31(36)38)15-2-3-16-32)23-9-7-22(8-10-23)26-5-4-6-28-27(26)13-17-33-28/h4-10,13,17,21,24-25,33H,2-3,11-12,14-16,18-20H2,1H3. The maximum atomic E-state index is 13.9. The van der Waals surface area contributed by atoms with Gasteiger partial charge < -0.3 is 9.88 Å². The molecular weight excluding hydrogens is 472 g/mol. The van der Waals surface area contributed by atoms with Gasteiger partial charge in [0, 0.05) is 48.2 Å². The number of rotatable bonds is 6. The van der Waals surface area contributed by atoms with Crippen LogP contribution in [0.15, 0.2) is 59.7 Å². The van der Waals surface area contributed by atoms with Gasteiger partial charge in [-0.2, -0.15) is 0 Å². The van der Waals surface area contributed by atoms with Crippen LogP contribution >= 0.6 is 0 Å². The van der Waals surface area contributed by atoms with Gasteiger partial charge in [0.25, 0.3) is 5.91 Å². The smallest absolute Gasteiger partial charge is 0.256 e. The fraction of sp³-hybridized carbons (Fsp3) is 0.469. The monoisotopic (exact) mass is 508 g/mol. The lowest BCUT2D eigenvalue weighted by atomic mass is 9.91. The van der Waals surface area contributed by atoms with Crippen LogP contribution in [0.3, 0.4) is 0 Å². The number of aromatic amines is 1. The molecule has 2 atom stereocenters. The van der Waals surface area contributed by atoms with Gasteiger partial charge >= 0.3 is 0 Å². The molecule has 2 amide bonds. The number of carbonyl (C=O) groups is 2. The van der Waals surface area contributed by atoms with E-state index in [0.717, 1.165) is 80.5 Å². The molecule has 2 unspecified atom stereocenters. The largest absolute Gasteiger partial charge is 0.361 e. The lowest BCUT2D eigenvalue weighted by Gasteiger charge is -2.28. The molecule has 2 aliphatic carbocycles. The molecule has 2 saturated carbocycles. The van der Waals surface area contributed by atoms with E-state index in [1.165, 1.54) is 10.9 Å². The van der Waals surface area contributed by atoms with Crippen molar-refractivity contribution in [3.8, 4) is 11.1 Å². The fourth-order valence-electron chi connectivity index (χ4n) is 6.95. The normalized spacial score (nSPS) is 23.6. The van der Waals surface area contributed by atoms with Gasteiger partial charge in [-0.15, -0.1) is 0 Å². The zero-order chi connectivity index (χ0) is 25.9. The van der Waals surface area contributed by atoms with Crippen LogP contribution in [0.4, 0.5) is 0 Å². The molecule has 0 radical (unpaired) electrons. The van der Waals surface area contributed by atoms with Crippen LogP contribution in [0.2, 0.25) is 0 Å². The zero-order valence-corrected chi connectivity index (χ0v) is 22.2. The van der Waals surface area contributed by atoms with Gasteiger partial charge in [0.1, 0.15) is 11.4 Å². The summed E-state index contributed by atoms with van der Waals surface area (Å²) < 4.78 is 0. The average molecular weight is 509 g/mol. The molecule has 6 heteroatoms. The Hall–Kier alpha value is -3.41. The number of aliphatic imine (C=N–C) groups is 1. The summed E-state index contributed by atoms with van der Waals surface area (Å²) in [7, 11) is 0. The number of amidine groups is 1.